The summed E-state index contributed by atoms with van der Waals surface area (Å²) in [6.45, 7) is 8.91. The Hall–Kier alpha value is -0.820. The predicted molar refractivity (Wildman–Crippen MR) is 64.7 cm³/mol. The molecule has 0 radical (unpaired) electrons. The fraction of sp³-hybridized carbons (Fsp3) is 0.571. The maximum absolute atomic E-state index is 6.33. The molecule has 1 fully saturated rings. The highest BCUT2D eigenvalue weighted by Gasteiger charge is 2.49. The molecule has 1 aromatic rings. The molecule has 1 aliphatic rings. The van der Waals surface area contributed by atoms with Gasteiger partial charge in [0.25, 0.3) is 0 Å². The zero-order valence-corrected chi connectivity index (χ0v) is 10.2. The van der Waals surface area contributed by atoms with E-state index in [0.717, 1.165) is 0 Å². The molecule has 1 aromatic carbocycles. The van der Waals surface area contributed by atoms with Crippen LogP contribution in [0.15, 0.2) is 18.2 Å². The van der Waals surface area contributed by atoms with E-state index in [1.54, 1.807) is 0 Å². The molecule has 1 nitrogen and oxygen atoms in total. The van der Waals surface area contributed by atoms with Gasteiger partial charge in [0.05, 0.1) is 0 Å². The molecule has 0 aromatic heterocycles. The maximum atomic E-state index is 6.33. The molecule has 0 saturated heterocycles. The van der Waals surface area contributed by atoms with Crippen molar-refractivity contribution in [3.05, 3.63) is 34.9 Å². The minimum absolute atomic E-state index is 0.223. The molecule has 1 heteroatoms. The minimum Gasteiger partial charge on any atom is -0.324 e. The lowest BCUT2D eigenvalue weighted by Crippen LogP contribution is -2.16. The Balaban J connectivity index is 2.23. The fourth-order valence-electron chi connectivity index (χ4n) is 2.54. The van der Waals surface area contributed by atoms with Crippen LogP contribution in [0.3, 0.4) is 0 Å². The minimum atomic E-state index is 0.223. The Morgan fingerprint density at radius 1 is 1.33 bits per heavy atom. The molecular weight excluding hydrogens is 182 g/mol. The summed E-state index contributed by atoms with van der Waals surface area (Å²) in [5.74, 6) is 0.666. The number of benzene rings is 1. The molecule has 82 valence electrons. The summed E-state index contributed by atoms with van der Waals surface area (Å²) in [6.07, 6.45) is 1.27. The van der Waals surface area contributed by atoms with Gasteiger partial charge < -0.3 is 5.73 Å². The Kier molecular flexibility index (Phi) is 2.38. The predicted octanol–water partition coefficient (Wildman–Crippen LogP) is 3.35. The molecule has 2 rings (SSSR count). The molecule has 0 bridgehead atoms. The van der Waals surface area contributed by atoms with Crippen molar-refractivity contribution in [2.75, 3.05) is 0 Å². The van der Waals surface area contributed by atoms with E-state index < -0.39 is 0 Å². The van der Waals surface area contributed by atoms with Gasteiger partial charge in [-0.2, -0.15) is 0 Å². The highest BCUT2D eigenvalue weighted by atomic mass is 14.7. The molecule has 1 aliphatic carbocycles. The van der Waals surface area contributed by atoms with Crippen molar-refractivity contribution in [1.29, 1.82) is 0 Å². The van der Waals surface area contributed by atoms with Gasteiger partial charge >= 0.3 is 0 Å². The van der Waals surface area contributed by atoms with Crippen LogP contribution in [-0.2, 0) is 0 Å². The van der Waals surface area contributed by atoms with Gasteiger partial charge in [-0.05, 0) is 42.7 Å². The number of hydrogen-bond acceptors (Lipinski definition) is 1. The molecule has 15 heavy (non-hydrogen) atoms. The second-order valence-electron chi connectivity index (χ2n) is 5.69. The standard InChI is InChI=1S/C14H21N/c1-9-5-6-11(10(2)7-9)13(15)12-8-14(12,3)4/h5-7,12-13H,8,15H2,1-4H3. The van der Waals surface area contributed by atoms with Crippen molar-refractivity contribution in [2.45, 2.75) is 40.2 Å². The topological polar surface area (TPSA) is 26.0 Å². The highest BCUT2D eigenvalue weighted by molar-refractivity contribution is 5.34. The van der Waals surface area contributed by atoms with Crippen LogP contribution in [0, 0.1) is 25.2 Å². The van der Waals surface area contributed by atoms with Crippen LogP contribution in [0.1, 0.15) is 43.0 Å². The van der Waals surface area contributed by atoms with Gasteiger partial charge in [0.1, 0.15) is 0 Å². The quantitative estimate of drug-likeness (QED) is 0.783. The van der Waals surface area contributed by atoms with Crippen molar-refractivity contribution in [2.24, 2.45) is 17.1 Å². The van der Waals surface area contributed by atoms with E-state index in [1.807, 2.05) is 0 Å². The van der Waals surface area contributed by atoms with Crippen LogP contribution in [0.25, 0.3) is 0 Å². The molecule has 0 heterocycles. The van der Waals surface area contributed by atoms with Crippen molar-refractivity contribution in [3.63, 3.8) is 0 Å². The summed E-state index contributed by atoms with van der Waals surface area (Å²) < 4.78 is 0. The Labute approximate surface area is 92.7 Å². The normalized spacial score (nSPS) is 25.0. The largest absolute Gasteiger partial charge is 0.324 e. The second-order valence-corrected chi connectivity index (χ2v) is 5.69. The van der Waals surface area contributed by atoms with Crippen molar-refractivity contribution in [1.82, 2.24) is 0 Å². The van der Waals surface area contributed by atoms with Gasteiger partial charge in [-0.1, -0.05) is 37.6 Å². The lowest BCUT2D eigenvalue weighted by atomic mass is 9.93. The third-order valence-electron chi connectivity index (χ3n) is 3.81. The lowest BCUT2D eigenvalue weighted by molar-refractivity contribution is 0.490. The molecule has 1 saturated carbocycles. The van der Waals surface area contributed by atoms with Crippen LogP contribution in [0.2, 0.25) is 0 Å². The van der Waals surface area contributed by atoms with Crippen molar-refractivity contribution >= 4 is 0 Å². The summed E-state index contributed by atoms with van der Waals surface area (Å²) in [6, 6.07) is 6.81. The fourth-order valence-corrected chi connectivity index (χ4v) is 2.54. The summed E-state index contributed by atoms with van der Waals surface area (Å²) in [7, 11) is 0. The zero-order valence-electron chi connectivity index (χ0n) is 10.2. The van der Waals surface area contributed by atoms with Gasteiger partial charge in [0, 0.05) is 6.04 Å². The zero-order chi connectivity index (χ0) is 11.2. The number of nitrogens with two attached hydrogens (primary N) is 1. The van der Waals surface area contributed by atoms with E-state index in [0.29, 0.717) is 11.3 Å². The van der Waals surface area contributed by atoms with E-state index in [1.165, 1.54) is 23.1 Å². The molecule has 2 N–H and O–H groups in total. The van der Waals surface area contributed by atoms with Crippen LogP contribution >= 0.6 is 0 Å². The Morgan fingerprint density at radius 2 is 1.93 bits per heavy atom. The Morgan fingerprint density at radius 3 is 2.40 bits per heavy atom. The van der Waals surface area contributed by atoms with Gasteiger partial charge in [0.2, 0.25) is 0 Å². The summed E-state index contributed by atoms with van der Waals surface area (Å²) in [4.78, 5) is 0. The van der Waals surface area contributed by atoms with Crippen molar-refractivity contribution in [3.8, 4) is 0 Å². The number of rotatable bonds is 2. The van der Waals surface area contributed by atoms with E-state index in [2.05, 4.69) is 45.9 Å². The van der Waals surface area contributed by atoms with Gasteiger partial charge in [-0.25, -0.2) is 0 Å². The van der Waals surface area contributed by atoms with E-state index in [-0.39, 0.29) is 6.04 Å². The first kappa shape index (κ1) is 10.7. The lowest BCUT2D eigenvalue weighted by Gasteiger charge is -2.16. The first-order chi connectivity index (χ1) is 6.92. The van der Waals surface area contributed by atoms with Crippen molar-refractivity contribution < 1.29 is 0 Å². The molecule has 0 amide bonds. The van der Waals surface area contributed by atoms with Gasteiger partial charge in [-0.15, -0.1) is 0 Å². The third kappa shape index (κ3) is 1.93. The maximum Gasteiger partial charge on any atom is 0.0331 e. The number of aryl methyl sites for hydroxylation is 2. The second kappa shape index (κ2) is 3.34. The van der Waals surface area contributed by atoms with Crippen LogP contribution in [0.4, 0.5) is 0 Å². The average Bonchev–Trinajstić information content (AvgIpc) is 2.74. The summed E-state index contributed by atoms with van der Waals surface area (Å²) in [5.41, 5.74) is 10.8. The molecule has 2 unspecified atom stereocenters. The smallest absolute Gasteiger partial charge is 0.0331 e. The van der Waals surface area contributed by atoms with E-state index in [9.17, 15) is 0 Å². The molecule has 2 atom stereocenters. The number of hydrogen-bond donors (Lipinski definition) is 1. The molecular formula is C14H21N. The summed E-state index contributed by atoms with van der Waals surface area (Å²) >= 11 is 0. The van der Waals surface area contributed by atoms with Gasteiger partial charge in [-0.3, -0.25) is 0 Å². The summed E-state index contributed by atoms with van der Waals surface area (Å²) in [5, 5.41) is 0. The van der Waals surface area contributed by atoms with Crippen LogP contribution in [-0.4, -0.2) is 0 Å². The monoisotopic (exact) mass is 203 g/mol. The third-order valence-corrected chi connectivity index (χ3v) is 3.81. The van der Waals surface area contributed by atoms with Crippen LogP contribution in [0.5, 0.6) is 0 Å². The van der Waals surface area contributed by atoms with E-state index in [4.69, 9.17) is 5.73 Å². The average molecular weight is 203 g/mol. The van der Waals surface area contributed by atoms with Gasteiger partial charge in [0.15, 0.2) is 0 Å². The Bertz CT molecular complexity index is 379. The highest BCUT2D eigenvalue weighted by Crippen LogP contribution is 2.57. The molecule has 0 spiro atoms. The first-order valence-electron chi connectivity index (χ1n) is 5.74. The first-order valence-corrected chi connectivity index (χ1v) is 5.74. The molecule has 0 aliphatic heterocycles. The van der Waals surface area contributed by atoms with E-state index >= 15 is 0 Å². The van der Waals surface area contributed by atoms with Crippen LogP contribution < -0.4 is 5.73 Å². The SMILES string of the molecule is Cc1ccc(C(N)C2CC2(C)C)c(C)c1.